The summed E-state index contributed by atoms with van der Waals surface area (Å²) in [5.74, 6) is 0. The summed E-state index contributed by atoms with van der Waals surface area (Å²) in [4.78, 5) is 6.85. The fraction of sp³-hybridized carbons (Fsp3) is 0.226. The van der Waals surface area contributed by atoms with E-state index in [0.717, 1.165) is 61.6 Å². The first-order valence-corrected chi connectivity index (χ1v) is 33.5. The number of rotatable bonds is 12. The van der Waals surface area contributed by atoms with Gasteiger partial charge in [0.2, 0.25) is 16.7 Å². The van der Waals surface area contributed by atoms with Crippen molar-refractivity contribution in [1.82, 2.24) is 0 Å². The molecule has 0 amide bonds. The summed E-state index contributed by atoms with van der Waals surface area (Å²) < 4.78 is 6.85. The Bertz CT molecular complexity index is 4490. The maximum Gasteiger partial charge on any atom is 0.213 e. The Labute approximate surface area is 557 Å². The summed E-state index contributed by atoms with van der Waals surface area (Å²) in [6.45, 7) is 21.8. The minimum atomic E-state index is -0.0275. The van der Waals surface area contributed by atoms with E-state index in [1.165, 1.54) is 101 Å². The Kier molecular flexibility index (Phi) is 20.1. The summed E-state index contributed by atoms with van der Waals surface area (Å²) in [6, 6.07) is 55.9. The Morgan fingerprint density at radius 2 is 1.08 bits per heavy atom. The second-order valence-electron chi connectivity index (χ2n) is 24.9. The van der Waals surface area contributed by atoms with Gasteiger partial charge in [-0.3, -0.25) is 0 Å². The zero-order chi connectivity index (χ0) is 64.5. The van der Waals surface area contributed by atoms with Crippen molar-refractivity contribution in [1.29, 1.82) is 0 Å². The van der Waals surface area contributed by atoms with Crippen LogP contribution in [-0.4, -0.2) is 37.5 Å². The Morgan fingerprint density at radius 1 is 0.543 bits per heavy atom. The Morgan fingerprint density at radius 3 is 1.66 bits per heavy atom. The van der Waals surface area contributed by atoms with Crippen molar-refractivity contribution in [2.45, 2.75) is 98.6 Å². The standard InChI is InChI=1S/C32H36ClN2.C27H26ClN2.C25H25N2/c1-31(2)24-14-7-9-16-26(24)34(5)28(31)20-18-22-12-11-13-23(30(22)33)19-21-29-32(3,4)25-15-8-10-17-27(25)35(29)6;1-3-29-19-17-21(24-9-5-7-11-26(24)29)13-15-23(28)16-14-22-18-20-30(4-2)27-12-8-6-10-25(22)27;1-3-26-18-16-20(22-12-5-7-14-24(22)26)10-9-11-21-17-19-27(4-2)25-15-8-6-13-23(21)25/h7-10,14-21H,11-13H2,1-6H3;5-20H,3-4H2,1-2H3;5-19H,3-4H2,1-2H3/q3*+1. The van der Waals surface area contributed by atoms with E-state index in [0.29, 0.717) is 5.03 Å². The highest BCUT2D eigenvalue weighted by atomic mass is 35.5. The molecule has 4 aliphatic heterocycles. The third-order valence-electron chi connectivity index (χ3n) is 18.8. The maximum absolute atomic E-state index is 7.01. The lowest BCUT2D eigenvalue weighted by molar-refractivity contribution is -0.668. The van der Waals surface area contributed by atoms with Crippen molar-refractivity contribution in [3.05, 3.63) is 310 Å². The maximum atomic E-state index is 7.01. The molecule has 1 aliphatic carbocycles. The number of halogens is 2. The predicted molar refractivity (Wildman–Crippen MR) is 395 cm³/mol. The van der Waals surface area contributed by atoms with Gasteiger partial charge in [0.1, 0.15) is 20.1 Å². The largest absolute Gasteiger partial charge is 0.348 e. The number of hydrogen-bond donors (Lipinski definition) is 0. The van der Waals surface area contributed by atoms with E-state index in [-0.39, 0.29) is 10.8 Å². The molecule has 464 valence electrons. The molecule has 6 nitrogen and oxygen atoms in total. The number of fused-ring (bicyclic) bond motifs is 6. The van der Waals surface area contributed by atoms with E-state index in [2.05, 4.69) is 347 Å². The lowest BCUT2D eigenvalue weighted by Gasteiger charge is -2.26. The molecule has 8 aromatic rings. The number of likely N-dealkylation sites (N-methyl/N-ethyl adjacent to an activating group) is 1. The fourth-order valence-corrected chi connectivity index (χ4v) is 14.2. The van der Waals surface area contributed by atoms with Gasteiger partial charge in [-0.05, 0) is 160 Å². The van der Waals surface area contributed by atoms with E-state index < -0.39 is 0 Å². The van der Waals surface area contributed by atoms with Crippen LogP contribution in [0.25, 0.3) is 45.1 Å². The number of hydrogen-bond acceptors (Lipinski definition) is 3. The van der Waals surface area contributed by atoms with E-state index in [1.54, 1.807) is 0 Å². The Hall–Kier alpha value is -9.07. The molecule has 0 bridgehead atoms. The molecule has 92 heavy (non-hydrogen) atoms. The predicted octanol–water partition coefficient (Wildman–Crippen LogP) is 20.5. The van der Waals surface area contributed by atoms with Crippen molar-refractivity contribution in [2.24, 2.45) is 0 Å². The minimum Gasteiger partial charge on any atom is -0.348 e. The number of aromatic nitrogens is 2. The van der Waals surface area contributed by atoms with Gasteiger partial charge in [-0.25, -0.2) is 0 Å². The average Bonchev–Trinajstić information content (AvgIpc) is 1.76. The van der Waals surface area contributed by atoms with Crippen LogP contribution in [0.5, 0.6) is 0 Å². The molecule has 0 fully saturated rings. The zero-order valence-electron chi connectivity index (χ0n) is 55.2. The molecular weight excluding hydrogens is 1160 g/mol. The van der Waals surface area contributed by atoms with Gasteiger partial charge in [-0.2, -0.15) is 13.7 Å². The monoisotopic (exact) mass is 1250 g/mol. The minimum absolute atomic E-state index is 0.0275. The topological polar surface area (TPSA) is 20.5 Å². The first-order chi connectivity index (χ1) is 44.7. The van der Waals surface area contributed by atoms with Gasteiger partial charge in [0, 0.05) is 124 Å². The molecule has 8 heteroatoms. The van der Waals surface area contributed by atoms with E-state index in [1.807, 2.05) is 12.2 Å². The number of allylic oxidation sites excluding steroid dienone is 18. The molecule has 5 aliphatic rings. The van der Waals surface area contributed by atoms with Crippen LogP contribution in [0.1, 0.15) is 108 Å². The van der Waals surface area contributed by atoms with Gasteiger partial charge in [0.15, 0.2) is 18.1 Å². The molecule has 0 spiro atoms. The first kappa shape index (κ1) is 64.5. The quantitative estimate of drug-likeness (QED) is 0.0898. The summed E-state index contributed by atoms with van der Waals surface area (Å²) in [5.41, 5.74) is 22.7. The Balaban J connectivity index is 0.000000143. The van der Waals surface area contributed by atoms with Gasteiger partial charge in [0.25, 0.3) is 0 Å². The smallest absolute Gasteiger partial charge is 0.213 e. The number of nitrogens with zero attached hydrogens (tertiary/aromatic N) is 6. The second-order valence-corrected chi connectivity index (χ2v) is 25.7. The highest BCUT2D eigenvalue weighted by Crippen LogP contribution is 2.47. The van der Waals surface area contributed by atoms with E-state index in [4.69, 9.17) is 23.2 Å². The molecule has 0 N–H and O–H groups in total. The molecule has 0 radical (unpaired) electrons. The van der Waals surface area contributed by atoms with Crippen LogP contribution in [0.4, 0.5) is 22.7 Å². The average molecular weight is 1250 g/mol. The summed E-state index contributed by atoms with van der Waals surface area (Å²) in [7, 11) is 4.33. The van der Waals surface area contributed by atoms with Crippen LogP contribution in [0.2, 0.25) is 0 Å². The third kappa shape index (κ3) is 13.3. The van der Waals surface area contributed by atoms with Crippen molar-refractivity contribution in [2.75, 3.05) is 41.9 Å². The number of anilines is 3. The molecule has 0 unspecified atom stereocenters. The normalized spacial score (nSPS) is 18.2. The fourth-order valence-electron chi connectivity index (χ4n) is 13.7. The van der Waals surface area contributed by atoms with Gasteiger partial charge in [-0.15, -0.1) is 0 Å². The van der Waals surface area contributed by atoms with Crippen LogP contribution in [0, 0.1) is 0 Å². The second kappa shape index (κ2) is 28.6. The lowest BCUT2D eigenvalue weighted by Crippen LogP contribution is -2.32. The molecule has 13 rings (SSSR count). The van der Waals surface area contributed by atoms with Crippen molar-refractivity contribution in [3.8, 4) is 0 Å². The molecular formula is C84H87Cl2N6+3. The lowest BCUT2D eigenvalue weighted by atomic mass is 9.81. The van der Waals surface area contributed by atoms with Crippen LogP contribution in [0.15, 0.2) is 276 Å². The molecule has 2 aromatic heterocycles. The van der Waals surface area contributed by atoms with Crippen LogP contribution < -0.4 is 23.8 Å². The SMILES string of the molecule is CCN1C=C/C(=C\C=C\c2cc[n+](CC)c3ccccc23)c2ccccc21.CCN1C=C\C(=C/C=C(Cl)/C=C/c2cc[n+](CC)c3ccccc23)c2ccccc21.CN1C(=CC=C2CCCC(C=CC3=[N+](C)c4ccccc4C3(C)C)=C2Cl)C(C)(C)c2ccccc21. The van der Waals surface area contributed by atoms with E-state index in [9.17, 15) is 0 Å². The summed E-state index contributed by atoms with van der Waals surface area (Å²) >= 11 is 13.5. The molecule has 6 aromatic carbocycles. The number of pyridine rings is 2. The van der Waals surface area contributed by atoms with Gasteiger partial charge in [-0.1, -0.05) is 177 Å². The van der Waals surface area contributed by atoms with E-state index >= 15 is 0 Å². The van der Waals surface area contributed by atoms with Crippen molar-refractivity contribution >= 4 is 96.8 Å². The highest BCUT2D eigenvalue weighted by Gasteiger charge is 2.43. The van der Waals surface area contributed by atoms with Crippen LogP contribution in [0.3, 0.4) is 0 Å². The molecule has 0 saturated heterocycles. The van der Waals surface area contributed by atoms with Crippen molar-refractivity contribution in [3.63, 3.8) is 0 Å². The van der Waals surface area contributed by atoms with Crippen LogP contribution >= 0.6 is 23.2 Å². The molecule has 0 saturated carbocycles. The van der Waals surface area contributed by atoms with Gasteiger partial charge < -0.3 is 14.7 Å². The number of aryl methyl sites for hydroxylation is 2. The first-order valence-electron chi connectivity index (χ1n) is 32.7. The van der Waals surface area contributed by atoms with Gasteiger partial charge >= 0.3 is 0 Å². The molecule has 0 atom stereocenters. The van der Waals surface area contributed by atoms with Gasteiger partial charge in [0.05, 0.1) is 16.2 Å². The third-order valence-corrected chi connectivity index (χ3v) is 19.6. The zero-order valence-corrected chi connectivity index (χ0v) is 56.7. The highest BCUT2D eigenvalue weighted by molar-refractivity contribution is 6.33. The number of benzene rings is 6. The summed E-state index contributed by atoms with van der Waals surface area (Å²) in [6.07, 6.45) is 39.9. The van der Waals surface area contributed by atoms with Crippen molar-refractivity contribution < 1.29 is 13.7 Å². The van der Waals surface area contributed by atoms with Crippen LogP contribution in [-0.2, 0) is 23.9 Å². The summed E-state index contributed by atoms with van der Waals surface area (Å²) in [5, 5.41) is 4.12. The number of para-hydroxylation sites is 6. The molecule has 6 heterocycles.